The van der Waals surface area contributed by atoms with E-state index in [9.17, 15) is 0 Å². The summed E-state index contributed by atoms with van der Waals surface area (Å²) >= 11 is 0. The number of benzene rings is 1. The Kier molecular flexibility index (Phi) is 8.18. The van der Waals surface area contributed by atoms with Crippen LogP contribution < -0.4 is 0 Å². The molecule has 0 unspecified atom stereocenters. The third-order valence-electron chi connectivity index (χ3n) is 8.31. The van der Waals surface area contributed by atoms with Crippen LogP contribution in [0.3, 0.4) is 0 Å². The van der Waals surface area contributed by atoms with Crippen molar-refractivity contribution in [2.24, 2.45) is 0 Å². The largest absolute Gasteiger partial charge is 0.233 e. The van der Waals surface area contributed by atoms with Gasteiger partial charge in [0, 0.05) is 23.2 Å². The Bertz CT molecular complexity index is 1670. The minimum atomic E-state index is -0.205. The first-order chi connectivity index (χ1) is 20.8. The first-order valence-electron chi connectivity index (χ1n) is 16.0. The molecule has 0 radical (unpaired) electrons. The van der Waals surface area contributed by atoms with Crippen molar-refractivity contribution in [1.82, 2.24) is 29.5 Å². The van der Waals surface area contributed by atoms with Crippen molar-refractivity contribution in [3.05, 3.63) is 119 Å². The Hall–Kier alpha value is -4.06. The van der Waals surface area contributed by atoms with Gasteiger partial charge < -0.3 is 0 Å². The van der Waals surface area contributed by atoms with Crippen LogP contribution in [0.15, 0.2) is 79.1 Å². The third kappa shape index (κ3) is 7.11. The van der Waals surface area contributed by atoms with Crippen LogP contribution in [-0.2, 0) is 21.7 Å². The Morgan fingerprint density at radius 3 is 1.22 bits per heavy atom. The van der Waals surface area contributed by atoms with E-state index >= 15 is 0 Å². The maximum absolute atomic E-state index is 5.25. The summed E-state index contributed by atoms with van der Waals surface area (Å²) in [4.78, 5) is 10.5. The number of aromatic nitrogens is 6. The minimum absolute atomic E-state index is 0.0258. The van der Waals surface area contributed by atoms with Crippen molar-refractivity contribution in [3.63, 3.8) is 0 Å². The molecule has 0 saturated heterocycles. The molecular formula is C39H50N6. The number of hydrogen-bond acceptors (Lipinski definition) is 4. The zero-order valence-electron chi connectivity index (χ0n) is 29.3. The minimum Gasteiger partial charge on any atom is -0.233 e. The molecule has 0 bridgehead atoms. The van der Waals surface area contributed by atoms with Gasteiger partial charge in [-0.1, -0.05) is 113 Å². The highest BCUT2D eigenvalue weighted by molar-refractivity contribution is 5.46. The zero-order valence-corrected chi connectivity index (χ0v) is 29.3. The molecule has 0 spiro atoms. The fraction of sp³-hybridized carbons (Fsp3) is 0.436. The molecule has 0 aliphatic carbocycles. The Morgan fingerprint density at radius 2 is 0.889 bits per heavy atom. The molecule has 0 amide bonds. The summed E-state index contributed by atoms with van der Waals surface area (Å²) in [6.45, 7) is 26.7. The molecule has 0 fully saturated rings. The first kappa shape index (κ1) is 32.3. The topological polar surface area (TPSA) is 61.4 Å². The standard InChI is InChI=1S/C39H50N6/c1-36(2,3)27-23-26(24-28(25-27)37(4,5)6)35(29-15-13-17-33(40-29)44-21-19-31(42-44)38(7,8)9)30-16-14-18-34(41-30)45-22-20-32(43-45)39(10,11)12/h13-25,35H,1-12H3. The van der Waals surface area contributed by atoms with E-state index in [0.717, 1.165) is 34.4 Å². The van der Waals surface area contributed by atoms with Gasteiger partial charge in [-0.25, -0.2) is 19.3 Å². The molecule has 5 aromatic rings. The van der Waals surface area contributed by atoms with Gasteiger partial charge in [-0.05, 0) is 63.9 Å². The molecule has 1 aromatic carbocycles. The highest BCUT2D eigenvalue weighted by Gasteiger charge is 2.27. The Labute approximate surface area is 270 Å². The molecule has 0 atom stereocenters. The number of hydrogen-bond donors (Lipinski definition) is 0. The maximum Gasteiger partial charge on any atom is 0.153 e. The molecule has 4 heterocycles. The molecule has 0 aliphatic rings. The van der Waals surface area contributed by atoms with Crippen LogP contribution in [0.5, 0.6) is 0 Å². The van der Waals surface area contributed by atoms with Gasteiger partial charge >= 0.3 is 0 Å². The fourth-order valence-electron chi connectivity index (χ4n) is 5.34. The second kappa shape index (κ2) is 11.4. The lowest BCUT2D eigenvalue weighted by atomic mass is 9.77. The lowest BCUT2D eigenvalue weighted by molar-refractivity contribution is 0.559. The van der Waals surface area contributed by atoms with Gasteiger partial charge in [0.05, 0.1) is 28.7 Å². The van der Waals surface area contributed by atoms with Crippen LogP contribution in [0.25, 0.3) is 11.6 Å². The third-order valence-corrected chi connectivity index (χ3v) is 8.31. The van der Waals surface area contributed by atoms with Crippen molar-refractivity contribution in [3.8, 4) is 11.6 Å². The van der Waals surface area contributed by atoms with Crippen LogP contribution in [0.1, 0.15) is 128 Å². The molecule has 6 heteroatoms. The van der Waals surface area contributed by atoms with E-state index in [1.54, 1.807) is 0 Å². The summed E-state index contributed by atoms with van der Waals surface area (Å²) < 4.78 is 3.77. The van der Waals surface area contributed by atoms with Crippen LogP contribution in [0.2, 0.25) is 0 Å². The second-order valence-corrected chi connectivity index (χ2v) is 16.4. The summed E-state index contributed by atoms with van der Waals surface area (Å²) in [6.07, 6.45) is 4.01. The maximum atomic E-state index is 5.25. The van der Waals surface area contributed by atoms with Gasteiger partial charge in [0.2, 0.25) is 0 Å². The molecule has 0 aliphatic heterocycles. The van der Waals surface area contributed by atoms with Gasteiger partial charge in [0.25, 0.3) is 0 Å². The van der Waals surface area contributed by atoms with Gasteiger partial charge in [0.1, 0.15) is 0 Å². The summed E-state index contributed by atoms with van der Waals surface area (Å²) in [5.74, 6) is 1.37. The Morgan fingerprint density at radius 1 is 0.489 bits per heavy atom. The van der Waals surface area contributed by atoms with E-state index in [4.69, 9.17) is 20.2 Å². The van der Waals surface area contributed by atoms with E-state index in [0.29, 0.717) is 0 Å². The van der Waals surface area contributed by atoms with Gasteiger partial charge in [-0.2, -0.15) is 10.2 Å². The lowest BCUT2D eigenvalue weighted by Crippen LogP contribution is -2.19. The molecule has 6 nitrogen and oxygen atoms in total. The van der Waals surface area contributed by atoms with Crippen LogP contribution in [0.4, 0.5) is 0 Å². The highest BCUT2D eigenvalue weighted by Crippen LogP contribution is 2.37. The smallest absolute Gasteiger partial charge is 0.153 e. The normalized spacial score (nSPS) is 13.1. The molecule has 236 valence electrons. The molecule has 0 saturated carbocycles. The van der Waals surface area contributed by atoms with E-state index in [1.165, 1.54) is 16.7 Å². The van der Waals surface area contributed by atoms with Crippen molar-refractivity contribution in [2.45, 2.75) is 111 Å². The van der Waals surface area contributed by atoms with Gasteiger partial charge in [0.15, 0.2) is 11.6 Å². The van der Waals surface area contributed by atoms with E-state index in [1.807, 2.05) is 33.9 Å². The predicted octanol–water partition coefficient (Wildman–Crippen LogP) is 9.22. The van der Waals surface area contributed by atoms with Crippen LogP contribution >= 0.6 is 0 Å². The summed E-state index contributed by atoms with van der Waals surface area (Å²) in [6, 6.07) is 23.6. The van der Waals surface area contributed by atoms with E-state index in [-0.39, 0.29) is 27.6 Å². The van der Waals surface area contributed by atoms with Gasteiger partial charge in [-0.15, -0.1) is 0 Å². The quantitative estimate of drug-likeness (QED) is 0.201. The Balaban J connectivity index is 1.72. The summed E-state index contributed by atoms with van der Waals surface area (Å²) in [5, 5.41) is 9.79. The first-order valence-corrected chi connectivity index (χ1v) is 16.0. The SMILES string of the molecule is CC(C)(C)c1cc(C(c2cccc(-n3ccc(C(C)(C)C)n3)n2)c2cccc(-n3ccc(C(C)(C)C)n3)n2)cc(C(C)(C)C)c1. The van der Waals surface area contributed by atoms with E-state index < -0.39 is 0 Å². The zero-order chi connectivity index (χ0) is 32.9. The monoisotopic (exact) mass is 602 g/mol. The molecular weight excluding hydrogens is 552 g/mol. The number of nitrogens with zero attached hydrogens (tertiary/aromatic N) is 6. The molecule has 4 aromatic heterocycles. The van der Waals surface area contributed by atoms with Crippen molar-refractivity contribution < 1.29 is 0 Å². The summed E-state index contributed by atoms with van der Waals surface area (Å²) in [5.41, 5.74) is 7.52. The average molecular weight is 603 g/mol. The average Bonchev–Trinajstić information content (AvgIpc) is 3.64. The summed E-state index contributed by atoms with van der Waals surface area (Å²) in [7, 11) is 0. The van der Waals surface area contributed by atoms with E-state index in [2.05, 4.69) is 138 Å². The van der Waals surface area contributed by atoms with Gasteiger partial charge in [-0.3, -0.25) is 0 Å². The molecule has 0 N–H and O–H groups in total. The predicted molar refractivity (Wildman–Crippen MR) is 185 cm³/mol. The van der Waals surface area contributed by atoms with Crippen molar-refractivity contribution in [1.29, 1.82) is 0 Å². The lowest BCUT2D eigenvalue weighted by Gasteiger charge is -2.28. The molecule has 45 heavy (non-hydrogen) atoms. The van der Waals surface area contributed by atoms with Crippen molar-refractivity contribution in [2.75, 3.05) is 0 Å². The number of rotatable bonds is 5. The number of pyridine rings is 2. The second-order valence-electron chi connectivity index (χ2n) is 16.4. The molecule has 5 rings (SSSR count). The van der Waals surface area contributed by atoms with Crippen molar-refractivity contribution >= 4 is 0 Å². The van der Waals surface area contributed by atoms with Crippen LogP contribution in [-0.4, -0.2) is 29.5 Å². The fourth-order valence-corrected chi connectivity index (χ4v) is 5.34. The highest BCUT2D eigenvalue weighted by atomic mass is 15.3. The van der Waals surface area contributed by atoms with Crippen LogP contribution in [0, 0.1) is 0 Å².